The average Bonchev–Trinajstić information content (AvgIpc) is 2.35. The Morgan fingerprint density at radius 3 is 2.65 bits per heavy atom. The van der Waals surface area contributed by atoms with E-state index in [1.165, 1.54) is 12.3 Å². The number of carbonyl (C=O) groups is 1. The Balaban J connectivity index is 2.30. The van der Waals surface area contributed by atoms with Crippen LogP contribution in [0.15, 0.2) is 28.9 Å². The molecule has 0 aliphatic carbocycles. The van der Waals surface area contributed by atoms with Crippen LogP contribution in [0, 0.1) is 18.6 Å². The van der Waals surface area contributed by atoms with E-state index in [9.17, 15) is 13.6 Å². The Kier molecular flexibility index (Phi) is 4.35. The van der Waals surface area contributed by atoms with Crippen molar-refractivity contribution in [3.63, 3.8) is 0 Å². The summed E-state index contributed by atoms with van der Waals surface area (Å²) in [5, 5.41) is 2.52. The molecule has 20 heavy (non-hydrogen) atoms. The number of rotatable bonds is 2. The number of benzene rings is 1. The number of aromatic nitrogens is 1. The van der Waals surface area contributed by atoms with Gasteiger partial charge in [0.05, 0.1) is 20.7 Å². The van der Waals surface area contributed by atoms with Crippen molar-refractivity contribution in [3.05, 3.63) is 56.8 Å². The molecule has 0 bridgehead atoms. The van der Waals surface area contributed by atoms with Crippen LogP contribution >= 0.6 is 27.5 Å². The zero-order valence-corrected chi connectivity index (χ0v) is 12.5. The number of pyridine rings is 1. The molecule has 3 nitrogen and oxygen atoms in total. The lowest BCUT2D eigenvalue weighted by Gasteiger charge is -2.08. The molecule has 0 radical (unpaired) electrons. The van der Waals surface area contributed by atoms with Crippen LogP contribution in [0.25, 0.3) is 0 Å². The number of anilines is 1. The zero-order chi connectivity index (χ0) is 14.9. The highest BCUT2D eigenvalue weighted by atomic mass is 79.9. The SMILES string of the molecule is Cc1cc(Cl)c(C(=O)Nc2cc(Br)c(F)cc2F)cn1. The van der Waals surface area contributed by atoms with Crippen LogP contribution in [0.1, 0.15) is 16.1 Å². The number of nitrogens with one attached hydrogen (secondary N) is 1. The molecule has 0 spiro atoms. The smallest absolute Gasteiger partial charge is 0.258 e. The van der Waals surface area contributed by atoms with Crippen molar-refractivity contribution in [1.29, 1.82) is 0 Å². The van der Waals surface area contributed by atoms with Gasteiger partial charge in [0.25, 0.3) is 5.91 Å². The van der Waals surface area contributed by atoms with Gasteiger partial charge in [-0.05, 0) is 35.0 Å². The largest absolute Gasteiger partial charge is 0.319 e. The minimum atomic E-state index is -0.879. The molecule has 0 fully saturated rings. The maximum Gasteiger partial charge on any atom is 0.258 e. The third kappa shape index (κ3) is 3.13. The van der Waals surface area contributed by atoms with E-state index in [2.05, 4.69) is 26.2 Å². The van der Waals surface area contributed by atoms with Gasteiger partial charge in [-0.1, -0.05) is 11.6 Å². The van der Waals surface area contributed by atoms with Crippen LogP contribution in [0.3, 0.4) is 0 Å². The molecule has 0 saturated carbocycles. The van der Waals surface area contributed by atoms with Gasteiger partial charge in [0, 0.05) is 18.0 Å². The Labute approximate surface area is 127 Å². The maximum absolute atomic E-state index is 13.5. The summed E-state index contributed by atoms with van der Waals surface area (Å²) in [6, 6.07) is 3.33. The Bertz CT molecular complexity index is 694. The van der Waals surface area contributed by atoms with Gasteiger partial charge in [-0.25, -0.2) is 8.78 Å². The second kappa shape index (κ2) is 5.85. The third-order valence-corrected chi connectivity index (χ3v) is 3.41. The molecule has 1 aromatic heterocycles. The maximum atomic E-state index is 13.5. The molecule has 0 saturated heterocycles. The minimum Gasteiger partial charge on any atom is -0.319 e. The van der Waals surface area contributed by atoms with E-state index in [4.69, 9.17) is 11.6 Å². The van der Waals surface area contributed by atoms with E-state index in [1.54, 1.807) is 6.92 Å². The van der Waals surface area contributed by atoms with E-state index in [0.29, 0.717) is 11.8 Å². The normalized spacial score (nSPS) is 10.4. The van der Waals surface area contributed by atoms with E-state index >= 15 is 0 Å². The van der Waals surface area contributed by atoms with Gasteiger partial charge in [-0.15, -0.1) is 0 Å². The highest BCUT2D eigenvalue weighted by Gasteiger charge is 2.15. The standard InChI is InChI=1S/C13H8BrClF2N2O/c1-6-2-9(15)7(5-18-6)13(20)19-12-3-8(14)10(16)4-11(12)17/h2-5H,1H3,(H,19,20). The fourth-order valence-corrected chi connectivity index (χ4v) is 2.14. The van der Waals surface area contributed by atoms with E-state index in [0.717, 1.165) is 6.07 Å². The molecule has 0 aliphatic rings. The fraction of sp³-hybridized carbons (Fsp3) is 0.0769. The molecule has 1 N–H and O–H groups in total. The summed E-state index contributed by atoms with van der Waals surface area (Å²) in [7, 11) is 0. The molecule has 104 valence electrons. The summed E-state index contributed by atoms with van der Waals surface area (Å²) in [4.78, 5) is 15.9. The number of aryl methyl sites for hydroxylation is 1. The minimum absolute atomic E-state index is 0.0438. The van der Waals surface area contributed by atoms with Crippen molar-refractivity contribution in [2.75, 3.05) is 5.32 Å². The van der Waals surface area contributed by atoms with Crippen molar-refractivity contribution >= 4 is 39.1 Å². The summed E-state index contributed by atoms with van der Waals surface area (Å²) in [5.74, 6) is -2.26. The van der Waals surface area contributed by atoms with Crippen molar-refractivity contribution < 1.29 is 13.6 Å². The van der Waals surface area contributed by atoms with Crippen LogP contribution in [0.2, 0.25) is 5.02 Å². The molecule has 0 aliphatic heterocycles. The molecule has 0 unspecified atom stereocenters. The lowest BCUT2D eigenvalue weighted by molar-refractivity contribution is 0.102. The van der Waals surface area contributed by atoms with Gasteiger partial charge < -0.3 is 5.32 Å². The first-order valence-electron chi connectivity index (χ1n) is 5.46. The highest BCUT2D eigenvalue weighted by molar-refractivity contribution is 9.10. The highest BCUT2D eigenvalue weighted by Crippen LogP contribution is 2.25. The molecule has 1 aromatic carbocycles. The van der Waals surface area contributed by atoms with Gasteiger partial charge in [0.1, 0.15) is 11.6 Å². The van der Waals surface area contributed by atoms with Gasteiger partial charge in [-0.3, -0.25) is 9.78 Å². The molecule has 1 amide bonds. The van der Waals surface area contributed by atoms with Crippen LogP contribution < -0.4 is 5.32 Å². The monoisotopic (exact) mass is 360 g/mol. The number of amides is 1. The first kappa shape index (κ1) is 14.9. The average molecular weight is 362 g/mol. The third-order valence-electron chi connectivity index (χ3n) is 2.49. The van der Waals surface area contributed by atoms with Crippen LogP contribution in [-0.2, 0) is 0 Å². The second-order valence-electron chi connectivity index (χ2n) is 4.01. The fourth-order valence-electron chi connectivity index (χ4n) is 1.50. The molecular weight excluding hydrogens is 354 g/mol. The number of nitrogens with zero attached hydrogens (tertiary/aromatic N) is 1. The van der Waals surface area contributed by atoms with E-state index in [1.807, 2.05) is 0 Å². The van der Waals surface area contributed by atoms with Crippen molar-refractivity contribution in [3.8, 4) is 0 Å². The Morgan fingerprint density at radius 1 is 1.30 bits per heavy atom. The lowest BCUT2D eigenvalue weighted by atomic mass is 10.2. The van der Waals surface area contributed by atoms with Gasteiger partial charge >= 0.3 is 0 Å². The predicted octanol–water partition coefficient (Wildman–Crippen LogP) is 4.34. The topological polar surface area (TPSA) is 42.0 Å². The second-order valence-corrected chi connectivity index (χ2v) is 5.27. The lowest BCUT2D eigenvalue weighted by Crippen LogP contribution is -2.14. The summed E-state index contributed by atoms with van der Waals surface area (Å²) < 4.78 is 26.7. The molecule has 2 rings (SSSR count). The van der Waals surface area contributed by atoms with E-state index < -0.39 is 17.5 Å². The van der Waals surface area contributed by atoms with E-state index in [-0.39, 0.29) is 20.7 Å². The first-order valence-corrected chi connectivity index (χ1v) is 6.63. The summed E-state index contributed by atoms with van der Waals surface area (Å²) in [6.45, 7) is 1.73. The first-order chi connectivity index (χ1) is 9.38. The Morgan fingerprint density at radius 2 is 2.00 bits per heavy atom. The van der Waals surface area contributed by atoms with Gasteiger partial charge in [0.15, 0.2) is 0 Å². The van der Waals surface area contributed by atoms with Gasteiger partial charge in [-0.2, -0.15) is 0 Å². The van der Waals surface area contributed by atoms with Crippen LogP contribution in [0.5, 0.6) is 0 Å². The van der Waals surface area contributed by atoms with Crippen LogP contribution in [0.4, 0.5) is 14.5 Å². The number of halogens is 4. The summed E-state index contributed by atoms with van der Waals surface area (Å²) >= 11 is 8.84. The number of hydrogen-bond acceptors (Lipinski definition) is 2. The number of hydrogen-bond donors (Lipinski definition) is 1. The van der Waals surface area contributed by atoms with Crippen molar-refractivity contribution in [2.45, 2.75) is 6.92 Å². The summed E-state index contributed by atoms with van der Waals surface area (Å²) in [6.07, 6.45) is 1.30. The molecule has 7 heteroatoms. The molecule has 0 atom stereocenters. The Hall–Kier alpha value is -1.53. The van der Waals surface area contributed by atoms with Gasteiger partial charge in [0.2, 0.25) is 0 Å². The predicted molar refractivity (Wildman–Crippen MR) is 76.0 cm³/mol. The van der Waals surface area contributed by atoms with Crippen molar-refractivity contribution in [1.82, 2.24) is 4.98 Å². The quantitative estimate of drug-likeness (QED) is 0.809. The molecule has 1 heterocycles. The van der Waals surface area contributed by atoms with Crippen molar-refractivity contribution in [2.24, 2.45) is 0 Å². The molecular formula is C13H8BrClF2N2O. The summed E-state index contributed by atoms with van der Waals surface area (Å²) in [5.41, 5.74) is 0.610. The zero-order valence-electron chi connectivity index (χ0n) is 10.2. The molecule has 2 aromatic rings. The number of carbonyl (C=O) groups excluding carboxylic acids is 1. The van der Waals surface area contributed by atoms with Crippen LogP contribution in [-0.4, -0.2) is 10.9 Å².